The Balaban J connectivity index is 2.94. The summed E-state index contributed by atoms with van der Waals surface area (Å²) in [5.74, 6) is 2.04. The Kier molecular flexibility index (Phi) is 16.7. The van der Waals surface area contributed by atoms with Gasteiger partial charge in [0.05, 0.1) is 0 Å². The van der Waals surface area contributed by atoms with Gasteiger partial charge in [-0.3, -0.25) is 4.79 Å². The van der Waals surface area contributed by atoms with Gasteiger partial charge in [-0.15, -0.1) is 0 Å². The summed E-state index contributed by atoms with van der Waals surface area (Å²) >= 11 is 2.12. The number of hydrogen-bond acceptors (Lipinski definition) is 2. The number of aliphatic carboxylic acids is 1. The molecule has 2 nitrogen and oxygen atoms in total. The van der Waals surface area contributed by atoms with Crippen LogP contribution in [0.5, 0.6) is 0 Å². The van der Waals surface area contributed by atoms with Gasteiger partial charge in [0.1, 0.15) is 0 Å². The summed E-state index contributed by atoms with van der Waals surface area (Å²) in [7, 11) is 0. The van der Waals surface area contributed by atoms with Gasteiger partial charge >= 0.3 is 5.97 Å². The Morgan fingerprint density at radius 3 is 1.70 bits per heavy atom. The highest BCUT2D eigenvalue weighted by atomic mass is 32.2. The van der Waals surface area contributed by atoms with Gasteiger partial charge in [-0.2, -0.15) is 11.8 Å². The van der Waals surface area contributed by atoms with E-state index in [1.54, 1.807) is 0 Å². The second-order valence-corrected chi connectivity index (χ2v) is 6.87. The Morgan fingerprint density at radius 2 is 1.20 bits per heavy atom. The minimum absolute atomic E-state index is 0.343. The third-order valence-electron chi connectivity index (χ3n) is 3.57. The van der Waals surface area contributed by atoms with Crippen molar-refractivity contribution < 1.29 is 9.90 Å². The van der Waals surface area contributed by atoms with Crippen LogP contribution >= 0.6 is 11.8 Å². The smallest absolute Gasteiger partial charge is 0.303 e. The molecule has 0 bridgehead atoms. The summed E-state index contributed by atoms with van der Waals surface area (Å²) in [6, 6.07) is 0. The van der Waals surface area contributed by atoms with Crippen LogP contribution in [0.4, 0.5) is 0 Å². The number of carboxylic acids is 1. The molecule has 0 aliphatic heterocycles. The van der Waals surface area contributed by atoms with Crippen LogP contribution in [0.3, 0.4) is 0 Å². The molecular weight excluding hydrogens is 268 g/mol. The van der Waals surface area contributed by atoms with Crippen LogP contribution in [0.25, 0.3) is 0 Å². The van der Waals surface area contributed by atoms with Crippen LogP contribution in [-0.4, -0.2) is 22.6 Å². The Hall–Kier alpha value is -0.180. The highest BCUT2D eigenvalue weighted by molar-refractivity contribution is 7.99. The molecular formula is C17H34O2S. The summed E-state index contributed by atoms with van der Waals surface area (Å²) in [6.45, 7) is 2.26. The van der Waals surface area contributed by atoms with Crippen LogP contribution in [0.1, 0.15) is 90.4 Å². The zero-order valence-corrected chi connectivity index (χ0v) is 14.2. The molecule has 3 heteroatoms. The number of hydrogen-bond donors (Lipinski definition) is 1. The van der Waals surface area contributed by atoms with Crippen molar-refractivity contribution in [3.63, 3.8) is 0 Å². The molecule has 0 unspecified atom stereocenters. The minimum Gasteiger partial charge on any atom is -0.481 e. The average Bonchev–Trinajstić information content (AvgIpc) is 2.43. The van der Waals surface area contributed by atoms with E-state index in [0.717, 1.165) is 12.8 Å². The zero-order valence-electron chi connectivity index (χ0n) is 13.4. The molecule has 0 fully saturated rings. The fourth-order valence-electron chi connectivity index (χ4n) is 2.27. The van der Waals surface area contributed by atoms with E-state index < -0.39 is 5.97 Å². The van der Waals surface area contributed by atoms with Crippen LogP contribution in [-0.2, 0) is 4.79 Å². The maximum atomic E-state index is 10.3. The van der Waals surface area contributed by atoms with Crippen molar-refractivity contribution >= 4 is 17.7 Å². The van der Waals surface area contributed by atoms with Crippen LogP contribution in [0.2, 0.25) is 0 Å². The van der Waals surface area contributed by atoms with Crippen molar-refractivity contribution in [3.8, 4) is 0 Å². The van der Waals surface area contributed by atoms with E-state index in [4.69, 9.17) is 5.11 Å². The Labute approximate surface area is 130 Å². The van der Waals surface area contributed by atoms with E-state index in [0.29, 0.717) is 6.42 Å². The monoisotopic (exact) mass is 302 g/mol. The second kappa shape index (κ2) is 16.9. The molecule has 0 radical (unpaired) electrons. The highest BCUT2D eigenvalue weighted by Crippen LogP contribution is 2.13. The van der Waals surface area contributed by atoms with Crippen LogP contribution < -0.4 is 0 Å². The molecule has 0 aromatic carbocycles. The van der Waals surface area contributed by atoms with Gasteiger partial charge in [-0.05, 0) is 30.8 Å². The number of carboxylic acid groups (broad SMARTS) is 1. The highest BCUT2D eigenvalue weighted by Gasteiger charge is 1.97. The zero-order chi connectivity index (χ0) is 14.9. The predicted octanol–water partition coefficient (Wildman–Crippen LogP) is 5.90. The maximum Gasteiger partial charge on any atom is 0.303 e. The summed E-state index contributed by atoms with van der Waals surface area (Å²) in [5, 5.41) is 8.52. The molecule has 0 aliphatic rings. The van der Waals surface area contributed by atoms with Gasteiger partial charge in [0.2, 0.25) is 0 Å². The van der Waals surface area contributed by atoms with E-state index in [-0.39, 0.29) is 0 Å². The largest absolute Gasteiger partial charge is 0.481 e. The first-order valence-corrected chi connectivity index (χ1v) is 9.72. The molecule has 0 atom stereocenters. The van der Waals surface area contributed by atoms with Gasteiger partial charge in [-0.1, -0.05) is 64.7 Å². The van der Waals surface area contributed by atoms with Gasteiger partial charge in [0.15, 0.2) is 0 Å². The van der Waals surface area contributed by atoms with Gasteiger partial charge in [-0.25, -0.2) is 0 Å². The van der Waals surface area contributed by atoms with E-state index in [9.17, 15) is 4.79 Å². The molecule has 0 rings (SSSR count). The molecule has 120 valence electrons. The molecule has 20 heavy (non-hydrogen) atoms. The lowest BCUT2D eigenvalue weighted by Gasteiger charge is -2.03. The van der Waals surface area contributed by atoms with E-state index >= 15 is 0 Å². The van der Waals surface area contributed by atoms with Gasteiger partial charge in [0, 0.05) is 6.42 Å². The summed E-state index contributed by atoms with van der Waals surface area (Å²) in [6.07, 6.45) is 15.7. The third kappa shape index (κ3) is 17.8. The fourth-order valence-corrected chi connectivity index (χ4v) is 3.29. The quantitative estimate of drug-likeness (QED) is 0.361. The molecule has 1 N–H and O–H groups in total. The number of thioether (sulfide) groups is 1. The first kappa shape index (κ1) is 19.8. The number of carbonyl (C=O) groups is 1. The average molecular weight is 303 g/mol. The first-order valence-electron chi connectivity index (χ1n) is 8.57. The molecule has 0 aliphatic carbocycles. The van der Waals surface area contributed by atoms with Crippen molar-refractivity contribution in [3.05, 3.63) is 0 Å². The molecule has 0 aromatic heterocycles. The lowest BCUT2D eigenvalue weighted by atomic mass is 10.1. The summed E-state index contributed by atoms with van der Waals surface area (Å²) in [4.78, 5) is 10.3. The number of unbranched alkanes of at least 4 members (excludes halogenated alkanes) is 10. The minimum atomic E-state index is -0.655. The first-order chi connectivity index (χ1) is 9.77. The summed E-state index contributed by atoms with van der Waals surface area (Å²) < 4.78 is 0. The van der Waals surface area contributed by atoms with Crippen molar-refractivity contribution in [1.82, 2.24) is 0 Å². The van der Waals surface area contributed by atoms with Crippen LogP contribution in [0, 0.1) is 0 Å². The van der Waals surface area contributed by atoms with Crippen molar-refractivity contribution in [2.75, 3.05) is 11.5 Å². The topological polar surface area (TPSA) is 37.3 Å². The molecule has 0 amide bonds. The van der Waals surface area contributed by atoms with Crippen molar-refractivity contribution in [2.24, 2.45) is 0 Å². The fraction of sp³-hybridized carbons (Fsp3) is 0.941. The van der Waals surface area contributed by atoms with E-state index in [1.807, 2.05) is 0 Å². The standard InChI is InChI=1S/C17H34O2S/c1-2-3-12-15-20-16-13-10-8-6-4-5-7-9-11-14-17(18)19/h2-16H2,1H3,(H,18,19). The molecule has 0 aromatic rings. The van der Waals surface area contributed by atoms with Crippen molar-refractivity contribution in [1.29, 1.82) is 0 Å². The molecule has 0 saturated carbocycles. The van der Waals surface area contributed by atoms with Crippen LogP contribution in [0.15, 0.2) is 0 Å². The maximum absolute atomic E-state index is 10.3. The summed E-state index contributed by atoms with van der Waals surface area (Å²) in [5.41, 5.74) is 0. The lowest BCUT2D eigenvalue weighted by molar-refractivity contribution is -0.137. The Bertz CT molecular complexity index is 207. The predicted molar refractivity (Wildman–Crippen MR) is 90.7 cm³/mol. The van der Waals surface area contributed by atoms with Gasteiger partial charge < -0.3 is 5.11 Å². The molecule has 0 saturated heterocycles. The lowest BCUT2D eigenvalue weighted by Crippen LogP contribution is -1.93. The third-order valence-corrected chi connectivity index (χ3v) is 4.73. The molecule has 0 spiro atoms. The molecule has 0 heterocycles. The van der Waals surface area contributed by atoms with E-state index in [1.165, 1.54) is 75.7 Å². The normalized spacial score (nSPS) is 10.8. The van der Waals surface area contributed by atoms with Crippen molar-refractivity contribution in [2.45, 2.75) is 90.4 Å². The van der Waals surface area contributed by atoms with Gasteiger partial charge in [0.25, 0.3) is 0 Å². The SMILES string of the molecule is CCCCCSCCCCCCCCCCCC(=O)O. The Morgan fingerprint density at radius 1 is 0.750 bits per heavy atom. The number of rotatable bonds is 16. The van der Waals surface area contributed by atoms with E-state index in [2.05, 4.69) is 18.7 Å². The second-order valence-electron chi connectivity index (χ2n) is 5.65.